The second-order valence-corrected chi connectivity index (χ2v) is 6.46. The maximum Gasteiger partial charge on any atom is 0.322 e. The lowest BCUT2D eigenvalue weighted by Gasteiger charge is -2.14. The standard InChI is InChI=1S/C18H23N3O5/c1-3-25-14-7-11-6-10(2)26-15(11)8-12(14)9-19-16(22)5-4-13-17(23)21-18(24)20-13/h7-8,10,13H,3-6,9H2,1-2H3,(H,19,22)(H2,20,21,23,24)/t10-,13-/m0/s1. The topological polar surface area (TPSA) is 106 Å². The molecule has 0 spiro atoms. The summed E-state index contributed by atoms with van der Waals surface area (Å²) in [7, 11) is 0. The summed E-state index contributed by atoms with van der Waals surface area (Å²) in [5.74, 6) is 0.977. The Hall–Kier alpha value is -2.77. The number of amides is 4. The fourth-order valence-electron chi connectivity index (χ4n) is 3.13. The Kier molecular flexibility index (Phi) is 5.29. The third-order valence-electron chi connectivity index (χ3n) is 4.37. The number of rotatable bonds is 7. The Morgan fingerprint density at radius 3 is 2.88 bits per heavy atom. The molecule has 0 aliphatic carbocycles. The van der Waals surface area contributed by atoms with Crippen LogP contribution in [-0.2, 0) is 22.6 Å². The predicted octanol–water partition coefficient (Wildman–Crippen LogP) is 1.01. The highest BCUT2D eigenvalue weighted by atomic mass is 16.5. The minimum Gasteiger partial charge on any atom is -0.494 e. The summed E-state index contributed by atoms with van der Waals surface area (Å²) in [6, 6.07) is 2.72. The zero-order valence-corrected chi connectivity index (χ0v) is 14.9. The Bertz CT molecular complexity index is 734. The largest absolute Gasteiger partial charge is 0.494 e. The van der Waals surface area contributed by atoms with Gasteiger partial charge in [0.25, 0.3) is 5.91 Å². The molecule has 1 aromatic carbocycles. The van der Waals surface area contributed by atoms with E-state index < -0.39 is 18.0 Å². The van der Waals surface area contributed by atoms with E-state index in [1.807, 2.05) is 26.0 Å². The molecule has 2 aliphatic heterocycles. The number of benzene rings is 1. The van der Waals surface area contributed by atoms with Crippen molar-refractivity contribution in [3.63, 3.8) is 0 Å². The molecule has 140 valence electrons. The van der Waals surface area contributed by atoms with Crippen LogP contribution in [0.5, 0.6) is 11.5 Å². The number of carbonyl (C=O) groups is 3. The molecule has 0 bridgehead atoms. The molecule has 0 unspecified atom stereocenters. The van der Waals surface area contributed by atoms with Crippen LogP contribution in [0.25, 0.3) is 0 Å². The minimum absolute atomic E-state index is 0.136. The molecular formula is C18H23N3O5. The number of hydrogen-bond acceptors (Lipinski definition) is 5. The van der Waals surface area contributed by atoms with Crippen LogP contribution in [-0.4, -0.2) is 36.6 Å². The van der Waals surface area contributed by atoms with E-state index in [4.69, 9.17) is 9.47 Å². The van der Waals surface area contributed by atoms with E-state index in [-0.39, 0.29) is 24.9 Å². The molecule has 1 aromatic rings. The molecule has 4 amide bonds. The van der Waals surface area contributed by atoms with Gasteiger partial charge >= 0.3 is 6.03 Å². The number of urea groups is 1. The number of hydrogen-bond donors (Lipinski definition) is 3. The van der Waals surface area contributed by atoms with Crippen LogP contribution in [0.4, 0.5) is 4.79 Å². The minimum atomic E-state index is -0.651. The van der Waals surface area contributed by atoms with Crippen molar-refractivity contribution in [2.24, 2.45) is 0 Å². The first-order valence-corrected chi connectivity index (χ1v) is 8.79. The Labute approximate surface area is 151 Å². The van der Waals surface area contributed by atoms with E-state index in [0.717, 1.165) is 29.0 Å². The van der Waals surface area contributed by atoms with Crippen molar-refractivity contribution >= 4 is 17.8 Å². The van der Waals surface area contributed by atoms with E-state index in [9.17, 15) is 14.4 Å². The zero-order valence-electron chi connectivity index (χ0n) is 14.9. The highest BCUT2D eigenvalue weighted by Crippen LogP contribution is 2.35. The van der Waals surface area contributed by atoms with Gasteiger partial charge in [-0.1, -0.05) is 0 Å². The first kappa shape index (κ1) is 18.0. The van der Waals surface area contributed by atoms with Crippen molar-refractivity contribution in [1.82, 2.24) is 16.0 Å². The van der Waals surface area contributed by atoms with Crippen LogP contribution < -0.4 is 25.4 Å². The maximum absolute atomic E-state index is 12.1. The summed E-state index contributed by atoms with van der Waals surface area (Å²) in [5.41, 5.74) is 1.96. The molecule has 0 aromatic heterocycles. The Balaban J connectivity index is 1.57. The van der Waals surface area contributed by atoms with Crippen molar-refractivity contribution in [1.29, 1.82) is 0 Å². The third kappa shape index (κ3) is 4.07. The molecule has 2 heterocycles. The van der Waals surface area contributed by atoms with Gasteiger partial charge in [-0.3, -0.25) is 14.9 Å². The van der Waals surface area contributed by atoms with Gasteiger partial charge in [-0.25, -0.2) is 4.79 Å². The summed E-state index contributed by atoms with van der Waals surface area (Å²) >= 11 is 0. The maximum atomic E-state index is 12.1. The summed E-state index contributed by atoms with van der Waals surface area (Å²) < 4.78 is 11.5. The first-order valence-electron chi connectivity index (χ1n) is 8.79. The number of ether oxygens (including phenoxy) is 2. The highest BCUT2D eigenvalue weighted by molar-refractivity contribution is 6.04. The van der Waals surface area contributed by atoms with Crippen molar-refractivity contribution in [3.05, 3.63) is 23.3 Å². The summed E-state index contributed by atoms with van der Waals surface area (Å²) in [4.78, 5) is 34.6. The van der Waals surface area contributed by atoms with Gasteiger partial charge in [0.2, 0.25) is 5.91 Å². The second kappa shape index (κ2) is 7.63. The van der Waals surface area contributed by atoms with E-state index in [1.165, 1.54) is 0 Å². The summed E-state index contributed by atoms with van der Waals surface area (Å²) in [6.45, 7) is 4.77. The van der Waals surface area contributed by atoms with Crippen LogP contribution in [0.15, 0.2) is 12.1 Å². The molecule has 8 heteroatoms. The predicted molar refractivity (Wildman–Crippen MR) is 92.9 cm³/mol. The molecule has 1 fully saturated rings. The third-order valence-corrected chi connectivity index (χ3v) is 4.37. The van der Waals surface area contributed by atoms with Crippen LogP contribution >= 0.6 is 0 Å². The molecule has 0 saturated carbocycles. The molecule has 1 saturated heterocycles. The first-order chi connectivity index (χ1) is 12.5. The monoisotopic (exact) mass is 361 g/mol. The van der Waals surface area contributed by atoms with Crippen molar-refractivity contribution < 1.29 is 23.9 Å². The van der Waals surface area contributed by atoms with Gasteiger partial charge in [-0.2, -0.15) is 0 Å². The van der Waals surface area contributed by atoms with E-state index in [2.05, 4.69) is 16.0 Å². The molecule has 8 nitrogen and oxygen atoms in total. The zero-order chi connectivity index (χ0) is 18.7. The van der Waals surface area contributed by atoms with Crippen LogP contribution in [0.2, 0.25) is 0 Å². The lowest BCUT2D eigenvalue weighted by Crippen LogP contribution is -2.31. The van der Waals surface area contributed by atoms with Gasteiger partial charge in [-0.15, -0.1) is 0 Å². The molecule has 3 rings (SSSR count). The van der Waals surface area contributed by atoms with Crippen molar-refractivity contribution in [2.45, 2.75) is 51.8 Å². The molecule has 0 radical (unpaired) electrons. The fraction of sp³-hybridized carbons (Fsp3) is 0.500. The molecule has 3 N–H and O–H groups in total. The quantitative estimate of drug-likeness (QED) is 0.629. The van der Waals surface area contributed by atoms with Gasteiger partial charge < -0.3 is 20.1 Å². The number of nitrogens with one attached hydrogen (secondary N) is 3. The SMILES string of the molecule is CCOc1cc2c(cc1CNC(=O)CC[C@@H]1NC(=O)NC1=O)O[C@@H](C)C2. The molecule has 2 atom stereocenters. The molecule has 2 aliphatic rings. The lowest BCUT2D eigenvalue weighted by molar-refractivity contribution is -0.122. The van der Waals surface area contributed by atoms with Gasteiger partial charge in [0.1, 0.15) is 23.6 Å². The smallest absolute Gasteiger partial charge is 0.322 e. The fourth-order valence-corrected chi connectivity index (χ4v) is 3.13. The van der Waals surface area contributed by atoms with Crippen LogP contribution in [0, 0.1) is 0 Å². The average molecular weight is 361 g/mol. The lowest BCUT2D eigenvalue weighted by atomic mass is 10.1. The van der Waals surface area contributed by atoms with Gasteiger partial charge in [0.05, 0.1) is 6.61 Å². The summed E-state index contributed by atoms with van der Waals surface area (Å²) in [6.07, 6.45) is 1.38. The van der Waals surface area contributed by atoms with Crippen LogP contribution in [0.3, 0.4) is 0 Å². The van der Waals surface area contributed by atoms with E-state index in [1.54, 1.807) is 0 Å². The number of fused-ring (bicyclic) bond motifs is 1. The van der Waals surface area contributed by atoms with Crippen molar-refractivity contribution in [2.75, 3.05) is 6.61 Å². The van der Waals surface area contributed by atoms with E-state index >= 15 is 0 Å². The van der Waals surface area contributed by atoms with Crippen molar-refractivity contribution in [3.8, 4) is 11.5 Å². The number of imide groups is 1. The van der Waals surface area contributed by atoms with E-state index in [0.29, 0.717) is 13.2 Å². The number of carbonyl (C=O) groups excluding carboxylic acids is 3. The van der Waals surface area contributed by atoms with Gasteiger partial charge in [0.15, 0.2) is 0 Å². The van der Waals surface area contributed by atoms with Gasteiger partial charge in [-0.05, 0) is 32.4 Å². The summed E-state index contributed by atoms with van der Waals surface area (Å²) in [5, 5.41) is 7.45. The van der Waals surface area contributed by atoms with Crippen LogP contribution in [0.1, 0.15) is 37.8 Å². The molecule has 26 heavy (non-hydrogen) atoms. The highest BCUT2D eigenvalue weighted by Gasteiger charge is 2.29. The Morgan fingerprint density at radius 1 is 1.38 bits per heavy atom. The second-order valence-electron chi connectivity index (χ2n) is 6.46. The Morgan fingerprint density at radius 2 is 2.19 bits per heavy atom. The van der Waals surface area contributed by atoms with Gasteiger partial charge in [0, 0.05) is 30.5 Å². The average Bonchev–Trinajstić information content (AvgIpc) is 3.10. The normalized spacial score (nSPS) is 20.8. The molecular weight excluding hydrogens is 338 g/mol.